The van der Waals surface area contributed by atoms with Crippen LogP contribution in [0.25, 0.3) is 0 Å². The zero-order chi connectivity index (χ0) is 36.6. The van der Waals surface area contributed by atoms with E-state index >= 15 is 0 Å². The summed E-state index contributed by atoms with van der Waals surface area (Å²) in [5, 5.41) is 17.2. The predicted octanol–water partition coefficient (Wildman–Crippen LogP) is 5.95. The SMILES string of the molecule is Br.C.C#CC.C#CC(C)(C)O.CC.CC.CC.CC#CC.CC(C)=O.CC=CC.CCBr.CCCC.CCO.CCOC.[B].[H-].[Na+].[Na+].[OH-]. The van der Waals surface area contributed by atoms with E-state index in [-0.39, 0.29) is 111 Å². The number of carbonyl (C=O) groups is 1. The van der Waals surface area contributed by atoms with E-state index in [0.717, 1.165) is 11.9 Å². The second-order valence-corrected chi connectivity index (χ2v) is 7.35. The van der Waals surface area contributed by atoms with E-state index in [1.807, 2.05) is 95.2 Å². The molecule has 3 N–H and O–H groups in total. The van der Waals surface area contributed by atoms with Crippen molar-refractivity contribution in [1.82, 2.24) is 0 Å². The summed E-state index contributed by atoms with van der Waals surface area (Å²) in [7, 11) is 1.68. The normalized spacial score (nSPS) is 5.57. The summed E-state index contributed by atoms with van der Waals surface area (Å²) < 4.78 is 4.54. The van der Waals surface area contributed by atoms with Gasteiger partial charge in [0.1, 0.15) is 11.4 Å². The van der Waals surface area contributed by atoms with Crippen molar-refractivity contribution in [2.75, 3.05) is 25.7 Å². The van der Waals surface area contributed by atoms with Crippen molar-refractivity contribution in [2.45, 2.75) is 164 Å². The minimum Gasteiger partial charge on any atom is -1.00 e. The predicted molar refractivity (Wildman–Crippen MR) is 226 cm³/mol. The van der Waals surface area contributed by atoms with Gasteiger partial charge in [-0.15, -0.1) is 47.6 Å². The van der Waals surface area contributed by atoms with E-state index in [0.29, 0.717) is 0 Å². The van der Waals surface area contributed by atoms with E-state index in [1.54, 1.807) is 34.8 Å². The van der Waals surface area contributed by atoms with Crippen molar-refractivity contribution in [3.63, 3.8) is 0 Å². The summed E-state index contributed by atoms with van der Waals surface area (Å²) in [6, 6.07) is 0. The fourth-order valence-electron chi connectivity index (χ4n) is 0. The van der Waals surface area contributed by atoms with Gasteiger partial charge in [-0.2, -0.15) is 0 Å². The number of alkyl halides is 1. The van der Waals surface area contributed by atoms with Crippen LogP contribution in [0.1, 0.15) is 160 Å². The average Bonchev–Trinajstić information content (AvgIpc) is 2.97. The molecule has 5 nitrogen and oxygen atoms in total. The largest absolute Gasteiger partial charge is 1.00 e. The van der Waals surface area contributed by atoms with Gasteiger partial charge in [0.05, 0.1) is 0 Å². The van der Waals surface area contributed by atoms with Gasteiger partial charge < -0.3 is 26.6 Å². The van der Waals surface area contributed by atoms with Crippen molar-refractivity contribution in [3.05, 3.63) is 12.2 Å². The average molecular weight is 828 g/mol. The summed E-state index contributed by atoms with van der Waals surface area (Å²) in [6.45, 7) is 38.6. The van der Waals surface area contributed by atoms with Crippen LogP contribution in [-0.2, 0) is 9.53 Å². The molecule has 0 atom stereocenters. The first kappa shape index (κ1) is 118. The molecule has 0 saturated heterocycles. The molecule has 3 radical (unpaired) electrons. The second kappa shape index (κ2) is 206. The number of hydrogen-bond donors (Lipinski definition) is 2. The number of ether oxygens (including phenoxy) is 1. The number of terminal acetylenes is 2. The molecule has 0 saturated carbocycles. The van der Waals surface area contributed by atoms with Gasteiger partial charge in [0.2, 0.25) is 0 Å². The van der Waals surface area contributed by atoms with E-state index < -0.39 is 5.60 Å². The van der Waals surface area contributed by atoms with Crippen LogP contribution in [0.3, 0.4) is 0 Å². The molecule has 10 heteroatoms. The summed E-state index contributed by atoms with van der Waals surface area (Å²) in [4.78, 5) is 9.44. The molecule has 0 unspecified atom stereocenters. The Morgan fingerprint density at radius 3 is 0.957 bits per heavy atom. The van der Waals surface area contributed by atoms with Crippen molar-refractivity contribution in [2.24, 2.45) is 0 Å². The van der Waals surface area contributed by atoms with Crippen LogP contribution in [0.5, 0.6) is 0 Å². The van der Waals surface area contributed by atoms with Gasteiger partial charge >= 0.3 is 59.1 Å². The number of aliphatic hydroxyl groups is 2. The summed E-state index contributed by atoms with van der Waals surface area (Å²) >= 11 is 3.15. The molecule has 283 valence electrons. The molecular weight excluding hydrogens is 741 g/mol. The van der Waals surface area contributed by atoms with Gasteiger partial charge in [-0.05, 0) is 76.2 Å². The molecule has 0 amide bonds. The molecule has 0 fully saturated rings. The third-order valence-electron chi connectivity index (χ3n) is 1.73. The smallest absolute Gasteiger partial charge is 1.00 e. The molecule has 0 aliphatic rings. The number of unbranched alkanes of at least 4 members (excludes halogenated alkanes) is 1. The monoisotopic (exact) mass is 825 g/mol. The van der Waals surface area contributed by atoms with Gasteiger partial charge in [-0.25, -0.2) is 0 Å². The standard InChI is InChI=1S/C5H8O.C4H10.C4H8.C4H6.C3H8O.C3H6O.C3H4.C2H5Br.C2H6O.3C2H6.CH4.B.BrH.2Na.H2O.H/c1-4-5(2,3)6;4*1-3-4-2;1-3(2)4;1-3-2;2*1-2-3;3*1-2;;;;;;;/h1,6H,2-3H3;3-4H2,1-2H3;3-4H,1-2H3;1-2H3;3H2,1-2H3;1-2H3;1H,2H3;2H2,1H3;3H,2H2,1H3;3*1-2H3;1H4;;1H;;;1H2;/q;;;;;;;;;;;;;;;2*+1;;-1/p-1. The molecule has 0 heterocycles. The second-order valence-electron chi connectivity index (χ2n) is 6.23. The first-order valence-corrected chi connectivity index (χ1v) is 15.9. The zero-order valence-corrected chi connectivity index (χ0v) is 42.7. The van der Waals surface area contributed by atoms with Crippen LogP contribution in [0, 0.1) is 36.5 Å². The van der Waals surface area contributed by atoms with Gasteiger partial charge in [0.25, 0.3) is 0 Å². The maximum atomic E-state index is 9.44. The molecule has 0 spiro atoms. The topological polar surface area (TPSA) is 96.8 Å². The van der Waals surface area contributed by atoms with Gasteiger partial charge in [0, 0.05) is 34.1 Å². The summed E-state index contributed by atoms with van der Waals surface area (Å²) in [5.41, 5.74) is -0.931. The Hall–Kier alpha value is 0.955. The number of carbonyl (C=O) groups excluding carboxylic acids is 1. The van der Waals surface area contributed by atoms with Crippen molar-refractivity contribution < 1.29 is 85.8 Å². The third kappa shape index (κ3) is 1500. The van der Waals surface area contributed by atoms with E-state index in [9.17, 15) is 4.79 Å². The molecular formula is C37H86BBr2Na2O5. The van der Waals surface area contributed by atoms with Crippen LogP contribution >= 0.6 is 32.9 Å². The van der Waals surface area contributed by atoms with E-state index in [1.165, 1.54) is 26.7 Å². The third-order valence-corrected chi connectivity index (χ3v) is 1.73. The Bertz CT molecular complexity index is 465. The molecule has 0 rings (SSSR count). The molecule has 47 heavy (non-hydrogen) atoms. The van der Waals surface area contributed by atoms with E-state index in [2.05, 4.69) is 64.6 Å². The van der Waals surface area contributed by atoms with Crippen LogP contribution in [0.15, 0.2) is 12.2 Å². The molecule has 0 bridgehead atoms. The Kier molecular flexibility index (Phi) is 516. The number of hydrogen-bond acceptors (Lipinski definition) is 5. The molecule has 0 aromatic rings. The number of ketones is 1. The molecule has 0 aromatic carbocycles. The maximum absolute atomic E-state index is 9.44. The fourth-order valence-corrected chi connectivity index (χ4v) is 0. The minimum atomic E-state index is -0.931. The number of halogens is 2. The molecule has 0 aliphatic heterocycles. The molecule has 0 aromatic heterocycles. The van der Waals surface area contributed by atoms with Gasteiger partial charge in [-0.1, -0.05) is 117 Å². The van der Waals surface area contributed by atoms with Gasteiger partial charge in [0.15, 0.2) is 0 Å². The molecule has 0 aliphatic carbocycles. The summed E-state index contributed by atoms with van der Waals surface area (Å²) in [5.74, 6) is 9.94. The Morgan fingerprint density at radius 2 is 0.957 bits per heavy atom. The fraction of sp³-hybridized carbons (Fsp3) is 0.757. The van der Waals surface area contributed by atoms with Crippen molar-refractivity contribution >= 4 is 47.1 Å². The minimum absolute atomic E-state index is 0. The first-order valence-electron chi connectivity index (χ1n) is 14.8. The first-order chi connectivity index (χ1) is 19.2. The number of methoxy groups -OCH3 is 1. The van der Waals surface area contributed by atoms with E-state index in [4.69, 9.17) is 16.6 Å². The Labute approximate surface area is 368 Å². The van der Waals surface area contributed by atoms with Gasteiger partial charge in [-0.3, -0.25) is 0 Å². The number of rotatable bonds is 2. The zero-order valence-electron chi connectivity index (χ0n) is 36.4. The quantitative estimate of drug-likeness (QED) is 0.155. The summed E-state index contributed by atoms with van der Waals surface area (Å²) in [6.07, 6.45) is 16.0. The van der Waals surface area contributed by atoms with Crippen LogP contribution in [-0.4, -0.2) is 61.1 Å². The number of Topliss-reactive ketones (excluding diaryl/α,β-unsaturated/α-hetero) is 1. The van der Waals surface area contributed by atoms with Crippen LogP contribution in [0.4, 0.5) is 0 Å². The van der Waals surface area contributed by atoms with Crippen molar-refractivity contribution in [3.8, 4) is 36.5 Å². The number of aliphatic hydroxyl groups excluding tert-OH is 1. The van der Waals surface area contributed by atoms with Crippen LogP contribution in [0.2, 0.25) is 0 Å². The Morgan fingerprint density at radius 1 is 0.851 bits per heavy atom. The number of allylic oxidation sites excluding steroid dienone is 2. The maximum Gasteiger partial charge on any atom is 1.00 e. The Balaban J connectivity index is -0.0000000112. The van der Waals surface area contributed by atoms with Crippen molar-refractivity contribution in [1.29, 1.82) is 0 Å². The van der Waals surface area contributed by atoms with Crippen LogP contribution < -0.4 is 59.1 Å².